The first-order valence-corrected chi connectivity index (χ1v) is 10.1. The molecule has 3 aromatic rings. The largest absolute Gasteiger partial charge is 0.497 e. The third-order valence-electron chi connectivity index (χ3n) is 5.08. The predicted octanol–water partition coefficient (Wildman–Crippen LogP) is 3.36. The number of carbonyl (C=O) groups is 2. The Balaban J connectivity index is 1.65. The molecule has 4 rings (SSSR count). The van der Waals surface area contributed by atoms with Gasteiger partial charge in [-0.25, -0.2) is 0 Å². The fourth-order valence-corrected chi connectivity index (χ4v) is 3.63. The summed E-state index contributed by atoms with van der Waals surface area (Å²) in [7, 11) is 1.56. The molecule has 2 atom stereocenters. The zero-order valence-corrected chi connectivity index (χ0v) is 17.5. The predicted molar refractivity (Wildman–Crippen MR) is 118 cm³/mol. The van der Waals surface area contributed by atoms with E-state index in [-0.39, 0.29) is 11.8 Å². The maximum Gasteiger partial charge on any atom is 0.304 e. The molecule has 1 saturated heterocycles. The van der Waals surface area contributed by atoms with Crippen LogP contribution >= 0.6 is 11.6 Å². The van der Waals surface area contributed by atoms with Gasteiger partial charge in [0.25, 0.3) is 5.91 Å². The van der Waals surface area contributed by atoms with E-state index in [0.29, 0.717) is 16.3 Å². The Hall–Kier alpha value is -3.64. The monoisotopic (exact) mass is 434 g/mol. The lowest BCUT2D eigenvalue weighted by molar-refractivity contribution is -0.596. The molecule has 1 aliphatic rings. The Morgan fingerprint density at radius 2 is 1.71 bits per heavy atom. The van der Waals surface area contributed by atoms with Gasteiger partial charge in [-0.1, -0.05) is 41.9 Å². The molecule has 7 heteroatoms. The third kappa shape index (κ3) is 4.59. The van der Waals surface area contributed by atoms with Crippen LogP contribution in [0.5, 0.6) is 5.75 Å². The molecule has 6 nitrogen and oxygen atoms in total. The Morgan fingerprint density at radius 3 is 2.35 bits per heavy atom. The molecule has 2 amide bonds. The molecule has 0 unspecified atom stereocenters. The van der Waals surface area contributed by atoms with Crippen molar-refractivity contribution >= 4 is 29.6 Å². The van der Waals surface area contributed by atoms with Gasteiger partial charge >= 0.3 is 5.91 Å². The Morgan fingerprint density at radius 1 is 1.03 bits per heavy atom. The summed E-state index contributed by atoms with van der Waals surface area (Å²) in [4.78, 5) is 25.7. The average Bonchev–Trinajstić information content (AvgIpc) is 3.10. The fourth-order valence-electron chi connectivity index (χ4n) is 3.51. The summed E-state index contributed by atoms with van der Waals surface area (Å²) in [6, 6.07) is 22.4. The Bertz CT molecular complexity index is 1110. The van der Waals surface area contributed by atoms with Crippen molar-refractivity contribution in [2.24, 2.45) is 0 Å². The Kier molecular flexibility index (Phi) is 6.00. The normalized spacial score (nSPS) is 19.2. The quantitative estimate of drug-likeness (QED) is 0.605. The van der Waals surface area contributed by atoms with Crippen molar-refractivity contribution < 1.29 is 19.0 Å². The zero-order chi connectivity index (χ0) is 21.8. The lowest BCUT2D eigenvalue weighted by Crippen LogP contribution is -2.42. The summed E-state index contributed by atoms with van der Waals surface area (Å²) in [5.74, 6) is 0.0269. The van der Waals surface area contributed by atoms with Gasteiger partial charge < -0.3 is 10.1 Å². The summed E-state index contributed by atoms with van der Waals surface area (Å²) in [6.45, 7) is 0. The topological polar surface area (TPSA) is 70.4 Å². The van der Waals surface area contributed by atoms with Crippen LogP contribution in [-0.4, -0.2) is 35.9 Å². The molecule has 0 radical (unpaired) electrons. The van der Waals surface area contributed by atoms with E-state index in [1.54, 1.807) is 48.2 Å². The van der Waals surface area contributed by atoms with E-state index in [4.69, 9.17) is 16.3 Å². The van der Waals surface area contributed by atoms with Gasteiger partial charge in [-0.2, -0.15) is 0 Å². The van der Waals surface area contributed by atoms with Gasteiger partial charge in [-0.05, 0) is 48.5 Å². The number of amides is 2. The van der Waals surface area contributed by atoms with Crippen molar-refractivity contribution in [3.8, 4) is 5.75 Å². The van der Waals surface area contributed by atoms with Crippen LogP contribution in [0, 0.1) is 0 Å². The summed E-state index contributed by atoms with van der Waals surface area (Å²) >= 11 is 5.98. The van der Waals surface area contributed by atoms with Crippen LogP contribution < -0.4 is 15.5 Å². The van der Waals surface area contributed by atoms with Crippen molar-refractivity contribution in [3.63, 3.8) is 0 Å². The standard InChI is InChI=1S/C24H20ClN3O3/c1-31-20-13-9-18(10-14-20)23(29)26-21-22(17-5-3-2-4-6-17)28(27-24(21)30)15-16-7-11-19(25)12-8-16/h2-15,21-22H,1H3,(H-,26,27,29,30)/p+1/b28-15-/t21-,22+/m0/s1. The highest BCUT2D eigenvalue weighted by Crippen LogP contribution is 2.25. The molecular weight excluding hydrogens is 414 g/mol. The van der Waals surface area contributed by atoms with Crippen molar-refractivity contribution in [2.45, 2.75) is 12.1 Å². The number of benzene rings is 3. The first kappa shape index (κ1) is 20.6. The maximum absolute atomic E-state index is 12.9. The number of rotatable bonds is 5. The zero-order valence-electron chi connectivity index (χ0n) is 16.8. The SMILES string of the molecule is COc1ccc(C(=O)N[C@@H]2C(=O)N/[N+](=C\c3ccc(Cl)cc3)[C@@H]2c2ccccc2)cc1. The minimum atomic E-state index is -0.777. The summed E-state index contributed by atoms with van der Waals surface area (Å²) in [5.41, 5.74) is 5.07. The van der Waals surface area contributed by atoms with E-state index in [1.165, 1.54) is 0 Å². The second-order valence-electron chi connectivity index (χ2n) is 7.10. The number of halogens is 1. The van der Waals surface area contributed by atoms with E-state index in [2.05, 4.69) is 10.7 Å². The first-order valence-electron chi connectivity index (χ1n) is 9.74. The van der Waals surface area contributed by atoms with Gasteiger partial charge in [0, 0.05) is 21.7 Å². The van der Waals surface area contributed by atoms with Crippen LogP contribution in [0.2, 0.25) is 5.02 Å². The second kappa shape index (κ2) is 9.02. The maximum atomic E-state index is 12.9. The highest BCUT2D eigenvalue weighted by molar-refractivity contribution is 6.30. The molecule has 0 aromatic heterocycles. The Labute approximate surface area is 185 Å². The molecule has 0 bridgehead atoms. The van der Waals surface area contributed by atoms with Crippen molar-refractivity contribution in [2.75, 3.05) is 7.11 Å². The van der Waals surface area contributed by atoms with Crippen LogP contribution in [0.25, 0.3) is 0 Å². The number of nitrogens with zero attached hydrogens (tertiary/aromatic N) is 1. The first-order chi connectivity index (χ1) is 15.0. The van der Waals surface area contributed by atoms with E-state index in [0.717, 1.165) is 11.1 Å². The van der Waals surface area contributed by atoms with Crippen molar-refractivity contribution in [1.82, 2.24) is 10.7 Å². The van der Waals surface area contributed by atoms with E-state index >= 15 is 0 Å². The van der Waals surface area contributed by atoms with E-state index < -0.39 is 12.1 Å². The number of hydrazone groups is 1. The molecular formula is C24H21ClN3O3+. The molecule has 31 heavy (non-hydrogen) atoms. The molecule has 3 aromatic carbocycles. The van der Waals surface area contributed by atoms with Crippen LogP contribution in [0.4, 0.5) is 0 Å². The van der Waals surface area contributed by atoms with Crippen LogP contribution in [-0.2, 0) is 4.79 Å². The van der Waals surface area contributed by atoms with Crippen LogP contribution in [0.15, 0.2) is 78.9 Å². The number of hydrogen-bond acceptors (Lipinski definition) is 3. The molecule has 0 aliphatic carbocycles. The van der Waals surface area contributed by atoms with Crippen molar-refractivity contribution in [1.29, 1.82) is 0 Å². The molecule has 1 aliphatic heterocycles. The van der Waals surface area contributed by atoms with Crippen LogP contribution in [0.3, 0.4) is 0 Å². The smallest absolute Gasteiger partial charge is 0.304 e. The van der Waals surface area contributed by atoms with Gasteiger partial charge in [0.1, 0.15) is 5.75 Å². The van der Waals surface area contributed by atoms with E-state index in [9.17, 15) is 9.59 Å². The number of hydrazine groups is 1. The van der Waals surface area contributed by atoms with Crippen LogP contribution in [0.1, 0.15) is 27.5 Å². The molecule has 1 fully saturated rings. The highest BCUT2D eigenvalue weighted by Gasteiger charge is 2.47. The molecule has 0 spiro atoms. The van der Waals surface area contributed by atoms with Gasteiger partial charge in [-0.15, -0.1) is 10.1 Å². The number of methoxy groups -OCH3 is 1. The van der Waals surface area contributed by atoms with E-state index in [1.807, 2.05) is 48.7 Å². The minimum absolute atomic E-state index is 0.291. The lowest BCUT2D eigenvalue weighted by atomic mass is 10.00. The minimum Gasteiger partial charge on any atom is -0.497 e. The lowest BCUT2D eigenvalue weighted by Gasteiger charge is -2.14. The number of carbonyl (C=O) groups excluding carboxylic acids is 2. The number of ether oxygens (including phenoxy) is 1. The molecule has 0 saturated carbocycles. The second-order valence-corrected chi connectivity index (χ2v) is 7.54. The fraction of sp³-hybridized carbons (Fsp3) is 0.125. The van der Waals surface area contributed by atoms with Crippen molar-refractivity contribution in [3.05, 3.63) is 101 Å². The van der Waals surface area contributed by atoms with Gasteiger partial charge in [0.05, 0.1) is 7.11 Å². The summed E-state index contributed by atoms with van der Waals surface area (Å²) in [6.07, 6.45) is 1.82. The number of nitrogens with one attached hydrogen (secondary N) is 2. The number of hydrogen-bond donors (Lipinski definition) is 2. The summed E-state index contributed by atoms with van der Waals surface area (Å²) < 4.78 is 6.86. The molecule has 156 valence electrons. The molecule has 1 heterocycles. The van der Waals surface area contributed by atoms with Gasteiger partial charge in [0.2, 0.25) is 12.3 Å². The highest BCUT2D eigenvalue weighted by atomic mass is 35.5. The third-order valence-corrected chi connectivity index (χ3v) is 5.33. The van der Waals surface area contributed by atoms with Gasteiger partial charge in [0.15, 0.2) is 6.04 Å². The summed E-state index contributed by atoms with van der Waals surface area (Å²) in [5, 5.41) is 3.51. The molecule has 2 N–H and O–H groups in total. The average molecular weight is 435 g/mol. The van der Waals surface area contributed by atoms with Gasteiger partial charge in [-0.3, -0.25) is 9.59 Å².